The maximum absolute atomic E-state index is 11.6. The maximum atomic E-state index is 11.6. The maximum Gasteiger partial charge on any atom is 0.308 e. The summed E-state index contributed by atoms with van der Waals surface area (Å²) in [5, 5.41) is 8.86. The summed E-state index contributed by atoms with van der Waals surface area (Å²) >= 11 is 0. The quantitative estimate of drug-likeness (QED) is 0.733. The van der Waals surface area contributed by atoms with Crippen LogP contribution < -0.4 is 0 Å². The minimum atomic E-state index is -0.848. The highest BCUT2D eigenvalue weighted by molar-refractivity contribution is 5.86. The number of rotatable bonds is 3. The topological polar surface area (TPSA) is 57.6 Å². The Kier molecular flexibility index (Phi) is 3.27. The van der Waals surface area contributed by atoms with Crippen LogP contribution in [0.1, 0.15) is 25.7 Å². The number of carboxylic acids is 1. The molecule has 1 aliphatic heterocycles. The van der Waals surface area contributed by atoms with Gasteiger partial charge in [-0.05, 0) is 25.2 Å². The van der Waals surface area contributed by atoms with Crippen LogP contribution in [0.3, 0.4) is 0 Å². The number of carbonyl (C=O) groups is 2. The smallest absolute Gasteiger partial charge is 0.308 e. The predicted octanol–water partition coefficient (Wildman–Crippen LogP) is 1.28. The molecular formula is C12H17NO3. The molecule has 0 saturated carbocycles. The zero-order valence-electron chi connectivity index (χ0n) is 9.26. The van der Waals surface area contributed by atoms with Crippen molar-refractivity contribution < 1.29 is 14.7 Å². The van der Waals surface area contributed by atoms with Gasteiger partial charge >= 0.3 is 5.97 Å². The Hall–Kier alpha value is -1.32. The van der Waals surface area contributed by atoms with Crippen LogP contribution in [-0.2, 0) is 9.59 Å². The average Bonchev–Trinajstić information content (AvgIpc) is 2.62. The van der Waals surface area contributed by atoms with Crippen molar-refractivity contribution in [3.05, 3.63) is 12.2 Å². The Bertz CT molecular complexity index is 324. The molecule has 16 heavy (non-hydrogen) atoms. The van der Waals surface area contributed by atoms with Crippen molar-refractivity contribution in [2.75, 3.05) is 13.1 Å². The summed E-state index contributed by atoms with van der Waals surface area (Å²) in [6.07, 6.45) is 7.71. The zero-order valence-corrected chi connectivity index (χ0v) is 9.26. The average molecular weight is 223 g/mol. The summed E-state index contributed by atoms with van der Waals surface area (Å²) < 4.78 is 0. The third kappa shape index (κ3) is 2.43. The first kappa shape index (κ1) is 11.2. The van der Waals surface area contributed by atoms with Crippen LogP contribution in [0.4, 0.5) is 0 Å². The Balaban J connectivity index is 1.88. The Morgan fingerprint density at radius 1 is 1.50 bits per heavy atom. The van der Waals surface area contributed by atoms with Crippen LogP contribution >= 0.6 is 0 Å². The number of hydrogen-bond acceptors (Lipinski definition) is 2. The fourth-order valence-corrected chi connectivity index (χ4v) is 2.45. The van der Waals surface area contributed by atoms with Crippen molar-refractivity contribution in [3.8, 4) is 0 Å². The number of carbonyl (C=O) groups excluding carboxylic acids is 1. The molecular weight excluding hydrogens is 206 g/mol. The number of allylic oxidation sites excluding steroid dienone is 2. The number of carboxylic acid groups (broad SMARTS) is 1. The Labute approximate surface area is 94.9 Å². The molecule has 1 N–H and O–H groups in total. The molecule has 4 heteroatoms. The first-order valence-electron chi connectivity index (χ1n) is 5.82. The van der Waals surface area contributed by atoms with Gasteiger partial charge in [0.1, 0.15) is 0 Å². The van der Waals surface area contributed by atoms with Gasteiger partial charge in [-0.2, -0.15) is 0 Å². The van der Waals surface area contributed by atoms with Gasteiger partial charge in [-0.1, -0.05) is 12.2 Å². The molecule has 2 atom stereocenters. The van der Waals surface area contributed by atoms with Gasteiger partial charge in [0, 0.05) is 19.5 Å². The van der Waals surface area contributed by atoms with Crippen molar-refractivity contribution in [2.24, 2.45) is 11.8 Å². The Morgan fingerprint density at radius 2 is 2.31 bits per heavy atom. The molecule has 2 aliphatic rings. The van der Waals surface area contributed by atoms with E-state index in [1.807, 2.05) is 0 Å². The molecule has 2 unspecified atom stereocenters. The fraction of sp³-hybridized carbons (Fsp3) is 0.667. The molecule has 0 aromatic carbocycles. The number of amides is 1. The van der Waals surface area contributed by atoms with Gasteiger partial charge in [-0.25, -0.2) is 0 Å². The predicted molar refractivity (Wildman–Crippen MR) is 58.8 cm³/mol. The van der Waals surface area contributed by atoms with Crippen LogP contribution in [0.5, 0.6) is 0 Å². The monoisotopic (exact) mass is 223 g/mol. The van der Waals surface area contributed by atoms with E-state index in [0.29, 0.717) is 12.5 Å². The largest absolute Gasteiger partial charge is 0.481 e. The van der Waals surface area contributed by atoms with E-state index < -0.39 is 11.9 Å². The number of aliphatic carboxylic acids is 1. The van der Waals surface area contributed by atoms with E-state index in [1.165, 1.54) is 0 Å². The standard InChI is InChI=1S/C12H17NO3/c14-11-6-10(12(15)16)8-13(11)7-9-4-2-1-3-5-9/h1-2,9-10H,3-8H2,(H,15,16). The summed E-state index contributed by atoms with van der Waals surface area (Å²) in [7, 11) is 0. The molecule has 2 rings (SSSR count). The molecule has 0 radical (unpaired) electrons. The minimum absolute atomic E-state index is 0.00181. The lowest BCUT2D eigenvalue weighted by molar-refractivity contribution is -0.141. The van der Waals surface area contributed by atoms with Crippen molar-refractivity contribution in [3.63, 3.8) is 0 Å². The first-order chi connectivity index (χ1) is 7.66. The lowest BCUT2D eigenvalue weighted by Gasteiger charge is -2.24. The van der Waals surface area contributed by atoms with Crippen molar-refractivity contribution in [2.45, 2.75) is 25.7 Å². The minimum Gasteiger partial charge on any atom is -0.481 e. The fourth-order valence-electron chi connectivity index (χ4n) is 2.45. The molecule has 0 aromatic heterocycles. The van der Waals surface area contributed by atoms with E-state index >= 15 is 0 Å². The molecule has 1 fully saturated rings. The highest BCUT2D eigenvalue weighted by atomic mass is 16.4. The Morgan fingerprint density at radius 3 is 2.88 bits per heavy atom. The molecule has 0 bridgehead atoms. The second-order valence-electron chi connectivity index (χ2n) is 4.69. The molecule has 88 valence electrons. The van der Waals surface area contributed by atoms with Gasteiger partial charge in [0.15, 0.2) is 0 Å². The van der Waals surface area contributed by atoms with Crippen molar-refractivity contribution in [1.82, 2.24) is 4.90 Å². The van der Waals surface area contributed by atoms with Crippen molar-refractivity contribution >= 4 is 11.9 Å². The lowest BCUT2D eigenvalue weighted by Crippen LogP contribution is -2.32. The molecule has 4 nitrogen and oxygen atoms in total. The van der Waals surface area contributed by atoms with E-state index in [-0.39, 0.29) is 12.3 Å². The highest BCUT2D eigenvalue weighted by Gasteiger charge is 2.34. The van der Waals surface area contributed by atoms with Gasteiger partial charge in [-0.15, -0.1) is 0 Å². The molecule has 0 spiro atoms. The third-order valence-electron chi connectivity index (χ3n) is 3.42. The van der Waals surface area contributed by atoms with Crippen LogP contribution in [0.15, 0.2) is 12.2 Å². The number of nitrogens with zero attached hydrogens (tertiary/aromatic N) is 1. The van der Waals surface area contributed by atoms with Crippen LogP contribution in [-0.4, -0.2) is 35.0 Å². The van der Waals surface area contributed by atoms with Gasteiger partial charge in [0.05, 0.1) is 5.92 Å². The van der Waals surface area contributed by atoms with E-state index in [4.69, 9.17) is 5.11 Å². The third-order valence-corrected chi connectivity index (χ3v) is 3.42. The van der Waals surface area contributed by atoms with E-state index in [2.05, 4.69) is 12.2 Å². The summed E-state index contributed by atoms with van der Waals surface area (Å²) in [5.74, 6) is -0.825. The van der Waals surface area contributed by atoms with Gasteiger partial charge in [0.2, 0.25) is 5.91 Å². The van der Waals surface area contributed by atoms with E-state index in [0.717, 1.165) is 25.8 Å². The molecule has 0 aromatic rings. The summed E-state index contributed by atoms with van der Waals surface area (Å²) in [6.45, 7) is 1.13. The highest BCUT2D eigenvalue weighted by Crippen LogP contribution is 2.24. The van der Waals surface area contributed by atoms with Crippen LogP contribution in [0, 0.1) is 11.8 Å². The zero-order chi connectivity index (χ0) is 11.5. The molecule has 1 saturated heterocycles. The molecule has 1 amide bonds. The number of likely N-dealkylation sites (tertiary alicyclic amines) is 1. The number of hydrogen-bond donors (Lipinski definition) is 1. The summed E-state index contributed by atoms with van der Waals surface area (Å²) in [6, 6.07) is 0. The SMILES string of the molecule is O=C(O)C1CC(=O)N(CC2CC=CCC2)C1. The second kappa shape index (κ2) is 4.68. The lowest BCUT2D eigenvalue weighted by atomic mass is 9.94. The van der Waals surface area contributed by atoms with Gasteiger partial charge in [-0.3, -0.25) is 9.59 Å². The first-order valence-corrected chi connectivity index (χ1v) is 5.82. The van der Waals surface area contributed by atoms with E-state index in [1.54, 1.807) is 4.90 Å². The van der Waals surface area contributed by atoms with Crippen molar-refractivity contribution in [1.29, 1.82) is 0 Å². The molecule has 1 heterocycles. The van der Waals surface area contributed by atoms with Gasteiger partial charge in [0.25, 0.3) is 0 Å². The van der Waals surface area contributed by atoms with E-state index in [9.17, 15) is 9.59 Å². The van der Waals surface area contributed by atoms with Gasteiger partial charge < -0.3 is 10.0 Å². The normalized spacial score (nSPS) is 29.8. The molecule has 1 aliphatic carbocycles. The van der Waals surface area contributed by atoms with Crippen LogP contribution in [0.2, 0.25) is 0 Å². The second-order valence-corrected chi connectivity index (χ2v) is 4.69. The summed E-state index contributed by atoms with van der Waals surface area (Å²) in [5.41, 5.74) is 0. The summed E-state index contributed by atoms with van der Waals surface area (Å²) in [4.78, 5) is 24.1. The van der Waals surface area contributed by atoms with Crippen LogP contribution in [0.25, 0.3) is 0 Å².